The summed E-state index contributed by atoms with van der Waals surface area (Å²) in [6, 6.07) is 0. The average Bonchev–Trinajstić information content (AvgIpc) is 2.46. The number of aryl methyl sites for hydroxylation is 2. The van der Waals surface area contributed by atoms with Gasteiger partial charge in [-0.05, 0) is 22.4 Å². The quantitative estimate of drug-likeness (QED) is 0.853. The van der Waals surface area contributed by atoms with Gasteiger partial charge in [-0.3, -0.25) is 9.89 Å². The molecule has 0 aromatic carbocycles. The molecular weight excluding hydrogens is 248 g/mol. The summed E-state index contributed by atoms with van der Waals surface area (Å²) in [5, 5.41) is 15.5. The van der Waals surface area contributed by atoms with Crippen LogP contribution in [0.15, 0.2) is 4.47 Å². The summed E-state index contributed by atoms with van der Waals surface area (Å²) in [5.74, 6) is -0.794. The van der Waals surface area contributed by atoms with Gasteiger partial charge < -0.3 is 5.11 Å². The van der Waals surface area contributed by atoms with E-state index in [1.807, 2.05) is 0 Å². The third kappa shape index (κ3) is 2.83. The molecule has 1 heterocycles. The first kappa shape index (κ1) is 11.2. The van der Waals surface area contributed by atoms with Crippen LogP contribution in [0.25, 0.3) is 0 Å². The van der Waals surface area contributed by atoms with Crippen molar-refractivity contribution in [2.75, 3.05) is 0 Å². The highest BCUT2D eigenvalue weighted by Gasteiger charge is 2.10. The van der Waals surface area contributed by atoms with Crippen molar-refractivity contribution >= 4 is 21.9 Å². The number of carboxylic acids is 1. The molecule has 0 unspecified atom stereocenters. The summed E-state index contributed by atoms with van der Waals surface area (Å²) in [6.45, 7) is 2.09. The SMILES string of the molecule is CCCc1[nH]nc(CCC(=O)O)c1Br. The smallest absolute Gasteiger partial charge is 0.303 e. The number of aromatic amines is 1. The predicted molar refractivity (Wildman–Crippen MR) is 56.2 cm³/mol. The van der Waals surface area contributed by atoms with Gasteiger partial charge in [-0.25, -0.2) is 0 Å². The van der Waals surface area contributed by atoms with E-state index in [9.17, 15) is 4.79 Å². The van der Waals surface area contributed by atoms with Crippen LogP contribution >= 0.6 is 15.9 Å². The fraction of sp³-hybridized carbons (Fsp3) is 0.556. The molecule has 1 rings (SSSR count). The van der Waals surface area contributed by atoms with Gasteiger partial charge in [0.2, 0.25) is 0 Å². The first-order valence-electron chi connectivity index (χ1n) is 4.58. The normalized spacial score (nSPS) is 10.4. The van der Waals surface area contributed by atoms with Crippen molar-refractivity contribution in [1.29, 1.82) is 0 Å². The van der Waals surface area contributed by atoms with E-state index >= 15 is 0 Å². The highest BCUT2D eigenvalue weighted by Crippen LogP contribution is 2.21. The number of hydrogen-bond donors (Lipinski definition) is 2. The number of carbonyl (C=O) groups is 1. The van der Waals surface area contributed by atoms with Gasteiger partial charge in [0, 0.05) is 12.1 Å². The molecule has 0 atom stereocenters. The van der Waals surface area contributed by atoms with E-state index in [1.54, 1.807) is 0 Å². The van der Waals surface area contributed by atoms with Crippen molar-refractivity contribution in [3.8, 4) is 0 Å². The monoisotopic (exact) mass is 260 g/mol. The summed E-state index contributed by atoms with van der Waals surface area (Å²) in [5.41, 5.74) is 1.85. The minimum Gasteiger partial charge on any atom is -0.481 e. The van der Waals surface area contributed by atoms with Gasteiger partial charge in [0.15, 0.2) is 0 Å². The molecule has 0 aliphatic carbocycles. The van der Waals surface area contributed by atoms with Gasteiger partial charge in [0.25, 0.3) is 0 Å². The topological polar surface area (TPSA) is 66.0 Å². The first-order valence-corrected chi connectivity index (χ1v) is 5.37. The Labute approximate surface area is 90.8 Å². The van der Waals surface area contributed by atoms with Crippen molar-refractivity contribution < 1.29 is 9.90 Å². The second-order valence-corrected chi connectivity index (χ2v) is 3.90. The van der Waals surface area contributed by atoms with Crippen molar-refractivity contribution in [2.45, 2.75) is 32.6 Å². The molecule has 0 aliphatic rings. The molecule has 0 saturated heterocycles. The van der Waals surface area contributed by atoms with Crippen LogP contribution in [0.2, 0.25) is 0 Å². The molecule has 0 radical (unpaired) electrons. The zero-order valence-electron chi connectivity index (χ0n) is 8.01. The van der Waals surface area contributed by atoms with E-state index in [2.05, 4.69) is 33.1 Å². The number of nitrogens with one attached hydrogen (secondary N) is 1. The van der Waals surface area contributed by atoms with E-state index in [4.69, 9.17) is 5.11 Å². The van der Waals surface area contributed by atoms with E-state index in [1.165, 1.54) is 0 Å². The number of rotatable bonds is 5. The maximum Gasteiger partial charge on any atom is 0.303 e. The minimum atomic E-state index is -0.794. The van der Waals surface area contributed by atoms with Crippen LogP contribution in [0.1, 0.15) is 31.2 Å². The Balaban J connectivity index is 2.64. The van der Waals surface area contributed by atoms with Crippen molar-refractivity contribution in [3.05, 3.63) is 15.9 Å². The number of hydrogen-bond acceptors (Lipinski definition) is 2. The molecule has 1 aromatic rings. The van der Waals surface area contributed by atoms with Gasteiger partial charge >= 0.3 is 5.97 Å². The lowest BCUT2D eigenvalue weighted by atomic mass is 10.2. The molecule has 0 bridgehead atoms. The molecule has 0 saturated carbocycles. The molecular formula is C9H13BrN2O2. The number of halogens is 1. The summed E-state index contributed by atoms with van der Waals surface area (Å²) in [4.78, 5) is 10.4. The average molecular weight is 261 g/mol. The van der Waals surface area contributed by atoms with Crippen molar-refractivity contribution in [2.24, 2.45) is 0 Å². The molecule has 0 aliphatic heterocycles. The van der Waals surface area contributed by atoms with E-state index in [-0.39, 0.29) is 6.42 Å². The standard InChI is InChI=1S/C9H13BrN2O2/c1-2-3-6-9(10)7(12-11-6)4-5-8(13)14/h2-5H2,1H3,(H,11,12)(H,13,14). The molecule has 5 heteroatoms. The van der Waals surface area contributed by atoms with Gasteiger partial charge in [0.05, 0.1) is 16.6 Å². The molecule has 1 aromatic heterocycles. The van der Waals surface area contributed by atoms with E-state index in [0.717, 1.165) is 28.7 Å². The van der Waals surface area contributed by atoms with Gasteiger partial charge in [-0.1, -0.05) is 13.3 Å². The van der Waals surface area contributed by atoms with E-state index < -0.39 is 5.97 Å². The van der Waals surface area contributed by atoms with Crippen molar-refractivity contribution in [3.63, 3.8) is 0 Å². The Morgan fingerprint density at radius 2 is 2.29 bits per heavy atom. The lowest BCUT2D eigenvalue weighted by molar-refractivity contribution is -0.136. The summed E-state index contributed by atoms with van der Waals surface area (Å²) < 4.78 is 0.931. The lowest BCUT2D eigenvalue weighted by Crippen LogP contribution is -1.98. The zero-order valence-corrected chi connectivity index (χ0v) is 9.60. The van der Waals surface area contributed by atoms with Crippen LogP contribution in [0.3, 0.4) is 0 Å². The zero-order chi connectivity index (χ0) is 10.6. The predicted octanol–water partition coefficient (Wildman–Crippen LogP) is 2.14. The Morgan fingerprint density at radius 1 is 1.57 bits per heavy atom. The first-order chi connectivity index (χ1) is 6.65. The van der Waals surface area contributed by atoms with Gasteiger partial charge in [-0.2, -0.15) is 5.10 Å². The fourth-order valence-corrected chi connectivity index (χ4v) is 1.79. The molecule has 0 amide bonds. The third-order valence-corrected chi connectivity index (χ3v) is 2.86. The van der Waals surface area contributed by atoms with Crippen molar-refractivity contribution in [1.82, 2.24) is 10.2 Å². The van der Waals surface area contributed by atoms with Crippen LogP contribution in [0.4, 0.5) is 0 Å². The highest BCUT2D eigenvalue weighted by atomic mass is 79.9. The number of carboxylic acid groups (broad SMARTS) is 1. The molecule has 14 heavy (non-hydrogen) atoms. The highest BCUT2D eigenvalue weighted by molar-refractivity contribution is 9.10. The second kappa shape index (κ2) is 5.14. The summed E-state index contributed by atoms with van der Waals surface area (Å²) >= 11 is 3.42. The Kier molecular flexibility index (Phi) is 4.13. The largest absolute Gasteiger partial charge is 0.481 e. The number of aromatic nitrogens is 2. The third-order valence-electron chi connectivity index (χ3n) is 1.92. The maximum absolute atomic E-state index is 10.4. The molecule has 2 N–H and O–H groups in total. The summed E-state index contributed by atoms with van der Waals surface area (Å²) in [6.07, 6.45) is 2.56. The van der Waals surface area contributed by atoms with Crippen LogP contribution in [0, 0.1) is 0 Å². The lowest BCUT2D eigenvalue weighted by Gasteiger charge is -1.95. The number of nitrogens with zero attached hydrogens (tertiary/aromatic N) is 1. The molecule has 0 spiro atoms. The fourth-order valence-electron chi connectivity index (χ4n) is 1.21. The molecule has 78 valence electrons. The second-order valence-electron chi connectivity index (χ2n) is 3.11. The number of H-pyrrole nitrogens is 1. The minimum absolute atomic E-state index is 0.120. The summed E-state index contributed by atoms with van der Waals surface area (Å²) in [7, 11) is 0. The van der Waals surface area contributed by atoms with Gasteiger partial charge in [0.1, 0.15) is 0 Å². The van der Waals surface area contributed by atoms with Crippen LogP contribution in [0.5, 0.6) is 0 Å². The van der Waals surface area contributed by atoms with Crippen LogP contribution in [-0.2, 0) is 17.6 Å². The number of aliphatic carboxylic acids is 1. The Hall–Kier alpha value is -0.840. The van der Waals surface area contributed by atoms with Crippen LogP contribution < -0.4 is 0 Å². The van der Waals surface area contributed by atoms with Crippen LogP contribution in [-0.4, -0.2) is 21.3 Å². The molecule has 4 nitrogen and oxygen atoms in total. The molecule has 0 fully saturated rings. The van der Waals surface area contributed by atoms with E-state index in [0.29, 0.717) is 6.42 Å². The maximum atomic E-state index is 10.4. The van der Waals surface area contributed by atoms with Gasteiger partial charge in [-0.15, -0.1) is 0 Å². The Morgan fingerprint density at radius 3 is 2.86 bits per heavy atom. The Bertz CT molecular complexity index is 323.